The molecule has 232 valence electrons. The highest BCUT2D eigenvalue weighted by molar-refractivity contribution is 6.20. The predicted molar refractivity (Wildman–Crippen MR) is 203 cm³/mol. The Morgan fingerprint density at radius 3 is 2.04 bits per heavy atom. The first kappa shape index (κ1) is 27.8. The summed E-state index contributed by atoms with van der Waals surface area (Å²) in [6.45, 7) is 0. The van der Waals surface area contributed by atoms with Gasteiger partial charge in [-0.05, 0) is 61.1 Å². The van der Waals surface area contributed by atoms with Crippen LogP contribution in [-0.2, 0) is 0 Å². The number of aliphatic imine (C=N–C) groups is 1. The predicted octanol–water partition coefficient (Wildman–Crippen LogP) is 11.0. The molecule has 1 aliphatic rings. The summed E-state index contributed by atoms with van der Waals surface area (Å²) in [5.41, 5.74) is 7.24. The summed E-state index contributed by atoms with van der Waals surface area (Å²) in [5, 5.41) is 17.1. The number of hydrogen-bond donors (Lipinski definition) is 2. The van der Waals surface area contributed by atoms with Crippen LogP contribution in [0.4, 0.5) is 0 Å². The van der Waals surface area contributed by atoms with Crippen molar-refractivity contribution < 1.29 is 4.42 Å². The number of rotatable bonds is 4. The molecule has 0 saturated carbocycles. The molecule has 8 aromatic carbocycles. The van der Waals surface area contributed by atoms with Crippen molar-refractivity contribution in [3.8, 4) is 11.1 Å². The molecule has 0 bridgehead atoms. The summed E-state index contributed by atoms with van der Waals surface area (Å²) in [7, 11) is 0. The smallest absolute Gasteiger partial charge is 0.143 e. The highest BCUT2D eigenvalue weighted by atomic mass is 16.3. The second-order valence-electron chi connectivity index (χ2n) is 12.8. The van der Waals surface area contributed by atoms with Gasteiger partial charge in [0.05, 0.1) is 0 Å². The Hall–Kier alpha value is -6.23. The standard InChI is InChI=1S/C45H31N3O/c1-2-13-31(14-3-1)43-46-44(36-19-8-15-28-11-4-6-16-33(28)36)48-45(47-43)38-21-10-22-40-41(38)37-20-9-18-35(42(37)49-40)32-26-25-30-24-23-29-12-5-7-17-34(29)39(30)27-32/h1-27,43-44,46H,(H,47,48). The Balaban J connectivity index is 1.15. The van der Waals surface area contributed by atoms with Gasteiger partial charge in [-0.1, -0.05) is 152 Å². The van der Waals surface area contributed by atoms with Crippen LogP contribution >= 0.6 is 0 Å². The van der Waals surface area contributed by atoms with Gasteiger partial charge in [0, 0.05) is 21.9 Å². The second-order valence-corrected chi connectivity index (χ2v) is 12.8. The van der Waals surface area contributed by atoms with Crippen molar-refractivity contribution in [2.45, 2.75) is 12.3 Å². The minimum Gasteiger partial charge on any atom is -0.455 e. The lowest BCUT2D eigenvalue weighted by molar-refractivity contribution is 0.411. The third-order valence-corrected chi connectivity index (χ3v) is 9.95. The van der Waals surface area contributed by atoms with Crippen molar-refractivity contribution in [3.05, 3.63) is 180 Å². The van der Waals surface area contributed by atoms with E-state index >= 15 is 0 Å². The van der Waals surface area contributed by atoms with Crippen molar-refractivity contribution >= 4 is 60.1 Å². The number of fused-ring (bicyclic) bond motifs is 7. The third-order valence-electron chi connectivity index (χ3n) is 9.95. The van der Waals surface area contributed by atoms with Crippen LogP contribution in [0.25, 0.3) is 65.4 Å². The SMILES string of the molecule is c1ccc(C2N=C(c3cccc4oc5c(-c6ccc7ccc8ccccc8c7c6)cccc5c34)NC(c3cccc4ccccc34)N2)cc1. The number of nitrogens with zero attached hydrogens (tertiary/aromatic N) is 1. The topological polar surface area (TPSA) is 49.6 Å². The summed E-state index contributed by atoms with van der Waals surface area (Å²) in [6, 6.07) is 58.0. The van der Waals surface area contributed by atoms with Gasteiger partial charge >= 0.3 is 0 Å². The minimum atomic E-state index is -0.238. The van der Waals surface area contributed by atoms with Gasteiger partial charge in [0.2, 0.25) is 0 Å². The Labute approximate surface area is 283 Å². The zero-order valence-corrected chi connectivity index (χ0v) is 26.6. The summed E-state index contributed by atoms with van der Waals surface area (Å²) >= 11 is 0. The molecule has 4 heteroatoms. The first-order chi connectivity index (χ1) is 24.3. The van der Waals surface area contributed by atoms with E-state index in [4.69, 9.17) is 9.41 Å². The van der Waals surface area contributed by atoms with E-state index in [2.05, 4.69) is 168 Å². The number of para-hydroxylation sites is 1. The molecule has 1 aliphatic heterocycles. The first-order valence-electron chi connectivity index (χ1n) is 16.8. The zero-order chi connectivity index (χ0) is 32.3. The summed E-state index contributed by atoms with van der Waals surface area (Å²) in [4.78, 5) is 5.31. The molecule has 2 heterocycles. The Bertz CT molecular complexity index is 2740. The lowest BCUT2D eigenvalue weighted by Crippen LogP contribution is -2.45. The molecule has 2 unspecified atom stereocenters. The molecule has 49 heavy (non-hydrogen) atoms. The molecule has 2 atom stereocenters. The number of furan rings is 1. The Kier molecular flexibility index (Phi) is 6.36. The van der Waals surface area contributed by atoms with E-state index < -0.39 is 0 Å². The van der Waals surface area contributed by atoms with Crippen LogP contribution in [0.3, 0.4) is 0 Å². The Morgan fingerprint density at radius 1 is 0.510 bits per heavy atom. The molecular formula is C45H31N3O. The normalized spacial score (nSPS) is 16.4. The maximum atomic E-state index is 6.75. The van der Waals surface area contributed by atoms with Gasteiger partial charge in [0.1, 0.15) is 29.3 Å². The zero-order valence-electron chi connectivity index (χ0n) is 26.6. The van der Waals surface area contributed by atoms with Gasteiger partial charge in [-0.25, -0.2) is 4.99 Å². The van der Waals surface area contributed by atoms with Crippen LogP contribution in [0.2, 0.25) is 0 Å². The van der Waals surface area contributed by atoms with E-state index in [-0.39, 0.29) is 12.3 Å². The minimum absolute atomic E-state index is 0.166. The number of amidine groups is 1. The van der Waals surface area contributed by atoms with Crippen LogP contribution < -0.4 is 10.6 Å². The van der Waals surface area contributed by atoms with E-state index in [0.29, 0.717) is 0 Å². The highest BCUT2D eigenvalue weighted by Crippen LogP contribution is 2.40. The van der Waals surface area contributed by atoms with Crippen LogP contribution in [0.15, 0.2) is 173 Å². The monoisotopic (exact) mass is 629 g/mol. The summed E-state index contributed by atoms with van der Waals surface area (Å²) in [6.07, 6.45) is -0.405. The fraction of sp³-hybridized carbons (Fsp3) is 0.0444. The first-order valence-corrected chi connectivity index (χ1v) is 16.8. The number of hydrogen-bond acceptors (Lipinski definition) is 4. The van der Waals surface area contributed by atoms with Crippen molar-refractivity contribution in [2.75, 3.05) is 0 Å². The Morgan fingerprint density at radius 2 is 1.16 bits per heavy atom. The second kappa shape index (κ2) is 11.2. The molecule has 0 fully saturated rings. The van der Waals surface area contributed by atoms with Gasteiger partial charge in [-0.15, -0.1) is 0 Å². The van der Waals surface area contributed by atoms with E-state index in [1.165, 1.54) is 37.9 Å². The van der Waals surface area contributed by atoms with Crippen molar-refractivity contribution in [1.29, 1.82) is 0 Å². The lowest BCUT2D eigenvalue weighted by Gasteiger charge is -2.33. The largest absolute Gasteiger partial charge is 0.455 e. The molecule has 0 aliphatic carbocycles. The molecule has 4 nitrogen and oxygen atoms in total. The van der Waals surface area contributed by atoms with Crippen molar-refractivity contribution in [1.82, 2.24) is 10.6 Å². The number of nitrogens with one attached hydrogen (secondary N) is 2. The molecule has 9 aromatic rings. The summed E-state index contributed by atoms with van der Waals surface area (Å²) < 4.78 is 6.75. The van der Waals surface area contributed by atoms with Gasteiger partial charge in [-0.3, -0.25) is 5.32 Å². The molecule has 2 N–H and O–H groups in total. The maximum Gasteiger partial charge on any atom is 0.143 e. The van der Waals surface area contributed by atoms with E-state index in [0.717, 1.165) is 50.0 Å². The van der Waals surface area contributed by atoms with Crippen molar-refractivity contribution in [2.24, 2.45) is 4.99 Å². The van der Waals surface area contributed by atoms with E-state index in [1.54, 1.807) is 0 Å². The fourth-order valence-electron chi connectivity index (χ4n) is 7.61. The van der Waals surface area contributed by atoms with E-state index in [1.807, 2.05) is 6.07 Å². The molecule has 0 saturated heterocycles. The van der Waals surface area contributed by atoms with Gasteiger partial charge in [0.15, 0.2) is 0 Å². The molecule has 10 rings (SSSR count). The average Bonchev–Trinajstić information content (AvgIpc) is 3.57. The van der Waals surface area contributed by atoms with E-state index in [9.17, 15) is 0 Å². The highest BCUT2D eigenvalue weighted by Gasteiger charge is 2.28. The van der Waals surface area contributed by atoms with Crippen LogP contribution in [0, 0.1) is 0 Å². The summed E-state index contributed by atoms with van der Waals surface area (Å²) in [5.74, 6) is 0.835. The van der Waals surface area contributed by atoms with Gasteiger partial charge < -0.3 is 9.73 Å². The average molecular weight is 630 g/mol. The molecule has 0 spiro atoms. The van der Waals surface area contributed by atoms with Gasteiger partial charge in [0.25, 0.3) is 0 Å². The molecule has 0 amide bonds. The maximum absolute atomic E-state index is 6.75. The van der Waals surface area contributed by atoms with Crippen LogP contribution in [-0.4, -0.2) is 5.84 Å². The van der Waals surface area contributed by atoms with Crippen molar-refractivity contribution in [3.63, 3.8) is 0 Å². The molecular weight excluding hydrogens is 599 g/mol. The number of benzene rings is 8. The lowest BCUT2D eigenvalue weighted by atomic mass is 9.95. The fourth-order valence-corrected chi connectivity index (χ4v) is 7.61. The third kappa shape index (κ3) is 4.61. The van der Waals surface area contributed by atoms with Crippen LogP contribution in [0.5, 0.6) is 0 Å². The molecule has 0 radical (unpaired) electrons. The quantitative estimate of drug-likeness (QED) is 0.190. The van der Waals surface area contributed by atoms with Gasteiger partial charge in [-0.2, -0.15) is 0 Å². The van der Waals surface area contributed by atoms with Crippen LogP contribution in [0.1, 0.15) is 29.0 Å². The molecule has 1 aromatic heterocycles.